The molecule has 0 aromatic heterocycles. The van der Waals surface area contributed by atoms with Crippen LogP contribution in [0, 0.1) is 0 Å². The van der Waals surface area contributed by atoms with Crippen LogP contribution in [0.25, 0.3) is 0 Å². The molecule has 1 saturated heterocycles. The third-order valence-corrected chi connectivity index (χ3v) is 1.12. The molecule has 0 amide bonds. The Hall–Kier alpha value is 0.430. The molecular weight excluding hydrogens is 117 g/mol. The van der Waals surface area contributed by atoms with Crippen molar-refractivity contribution in [1.29, 1.82) is 0 Å². The van der Waals surface area contributed by atoms with Crippen LogP contribution in [-0.4, -0.2) is 53.2 Å². The number of carboxylic acids is 1. The average Bonchev–Trinajstić information content (AvgIpc) is 1.23. The molecule has 0 aromatic carbocycles. The van der Waals surface area contributed by atoms with Gasteiger partial charge in [-0.3, -0.25) is 4.79 Å². The Bertz CT molecular complexity index is 92.0. The summed E-state index contributed by atoms with van der Waals surface area (Å²) in [5, 5.41) is 10.9. The number of hydrogen-bond donors (Lipinski definition) is 2. The third kappa shape index (κ3) is 1.74. The van der Waals surface area contributed by atoms with Gasteiger partial charge in [0.2, 0.25) is 0 Å². The van der Waals surface area contributed by atoms with Crippen molar-refractivity contribution < 1.29 is 9.90 Å². The van der Waals surface area contributed by atoms with Gasteiger partial charge in [0.1, 0.15) is 6.04 Å². The molecule has 8 heavy (non-hydrogen) atoms. The fourth-order valence-corrected chi connectivity index (χ4v) is 0.499. The zero-order valence-corrected chi connectivity index (χ0v) is 3.85. The maximum atomic E-state index is 9.92. The van der Waals surface area contributed by atoms with E-state index in [-0.39, 0.29) is 35.6 Å². The summed E-state index contributed by atoms with van der Waals surface area (Å²) >= 11 is 0. The average molecular weight is 125 g/mol. The third-order valence-electron chi connectivity index (χ3n) is 1.12. The zero-order chi connectivity index (χ0) is 5.28. The van der Waals surface area contributed by atoms with Crippen LogP contribution in [0.2, 0.25) is 0 Å². The molecule has 1 aliphatic heterocycles. The van der Waals surface area contributed by atoms with Gasteiger partial charge in [0.05, 0.1) is 0 Å². The second kappa shape index (κ2) is 3.45. The Morgan fingerprint density at radius 3 is 2.25 bits per heavy atom. The summed E-state index contributed by atoms with van der Waals surface area (Å²) in [5.74, 6) is -0.730. The summed E-state index contributed by atoms with van der Waals surface area (Å²) in [4.78, 5) is 9.92. The van der Waals surface area contributed by atoms with Crippen LogP contribution in [0.3, 0.4) is 0 Å². The van der Waals surface area contributed by atoms with Gasteiger partial charge in [0.25, 0.3) is 0 Å². The van der Waals surface area contributed by atoms with Crippen LogP contribution >= 0.6 is 0 Å². The van der Waals surface area contributed by atoms with Crippen LogP contribution < -0.4 is 5.32 Å². The molecule has 42 valence electrons. The summed E-state index contributed by atoms with van der Waals surface area (Å²) < 4.78 is 0. The molecule has 0 spiro atoms. The van der Waals surface area contributed by atoms with Crippen molar-refractivity contribution in [3.05, 3.63) is 0 Å². The van der Waals surface area contributed by atoms with Crippen LogP contribution in [0.15, 0.2) is 0 Å². The minimum atomic E-state index is -0.730. The SMILES string of the molecule is O=C(O)C1CCN1.[NaH]. The molecule has 1 rings (SSSR count). The second-order valence-electron chi connectivity index (χ2n) is 1.63. The Balaban J connectivity index is 0.000000490. The van der Waals surface area contributed by atoms with Crippen molar-refractivity contribution in [2.24, 2.45) is 0 Å². The molecule has 0 bridgehead atoms. The van der Waals surface area contributed by atoms with E-state index in [1.807, 2.05) is 0 Å². The molecule has 1 heterocycles. The number of nitrogens with one attached hydrogen (secondary N) is 1. The van der Waals surface area contributed by atoms with Crippen molar-refractivity contribution in [3.8, 4) is 0 Å². The monoisotopic (exact) mass is 125 g/mol. The number of hydrogen-bond acceptors (Lipinski definition) is 2. The first-order valence-electron chi connectivity index (χ1n) is 2.27. The molecule has 1 unspecified atom stereocenters. The van der Waals surface area contributed by atoms with E-state index < -0.39 is 5.97 Å². The normalized spacial score (nSPS) is 25.2. The molecule has 0 aromatic rings. The Morgan fingerprint density at radius 2 is 2.25 bits per heavy atom. The van der Waals surface area contributed by atoms with Crippen LogP contribution in [0.4, 0.5) is 0 Å². The summed E-state index contributed by atoms with van der Waals surface area (Å²) in [6, 6.07) is -0.250. The van der Waals surface area contributed by atoms with E-state index in [9.17, 15) is 4.79 Å². The van der Waals surface area contributed by atoms with E-state index in [0.29, 0.717) is 0 Å². The summed E-state index contributed by atoms with van der Waals surface area (Å²) in [7, 11) is 0. The first-order valence-corrected chi connectivity index (χ1v) is 2.27. The molecule has 1 aliphatic rings. The molecule has 1 fully saturated rings. The van der Waals surface area contributed by atoms with E-state index in [0.717, 1.165) is 13.0 Å². The van der Waals surface area contributed by atoms with Crippen molar-refractivity contribution in [2.75, 3.05) is 6.54 Å². The molecule has 0 radical (unpaired) electrons. The van der Waals surface area contributed by atoms with Crippen molar-refractivity contribution in [2.45, 2.75) is 12.5 Å². The molecular formula is C4H8NNaO2. The first kappa shape index (κ1) is 8.43. The Kier molecular flexibility index (Phi) is 3.64. The predicted octanol–water partition coefficient (Wildman–Crippen LogP) is -1.22. The van der Waals surface area contributed by atoms with E-state index in [1.165, 1.54) is 0 Å². The molecule has 1 atom stereocenters. The maximum absolute atomic E-state index is 9.92. The predicted molar refractivity (Wildman–Crippen MR) is 31.2 cm³/mol. The minimum absolute atomic E-state index is 0. The van der Waals surface area contributed by atoms with Gasteiger partial charge in [-0.05, 0) is 13.0 Å². The second-order valence-corrected chi connectivity index (χ2v) is 1.63. The van der Waals surface area contributed by atoms with Gasteiger partial charge in [-0.1, -0.05) is 0 Å². The number of carboxylic acid groups (broad SMARTS) is 1. The zero-order valence-electron chi connectivity index (χ0n) is 3.85. The molecule has 4 heteroatoms. The van der Waals surface area contributed by atoms with Crippen molar-refractivity contribution in [3.63, 3.8) is 0 Å². The number of rotatable bonds is 1. The topological polar surface area (TPSA) is 49.3 Å². The number of aliphatic carboxylic acids is 1. The van der Waals surface area contributed by atoms with Gasteiger partial charge in [0, 0.05) is 0 Å². The van der Waals surface area contributed by atoms with Crippen LogP contribution in [-0.2, 0) is 4.79 Å². The standard InChI is InChI=1S/C4H7NO2.Na.H/c6-4(7)3-1-2-5-3;;/h3,5H,1-2H2,(H,6,7);;. The fraction of sp³-hybridized carbons (Fsp3) is 0.750. The van der Waals surface area contributed by atoms with Gasteiger partial charge >= 0.3 is 35.5 Å². The molecule has 2 N–H and O–H groups in total. The van der Waals surface area contributed by atoms with Crippen molar-refractivity contribution >= 4 is 35.5 Å². The van der Waals surface area contributed by atoms with Gasteiger partial charge in [0.15, 0.2) is 0 Å². The first-order chi connectivity index (χ1) is 3.30. The van der Waals surface area contributed by atoms with Crippen LogP contribution in [0.1, 0.15) is 6.42 Å². The van der Waals surface area contributed by atoms with Gasteiger partial charge in [-0.25, -0.2) is 0 Å². The van der Waals surface area contributed by atoms with Gasteiger partial charge in [-0.15, -0.1) is 0 Å². The Labute approximate surface area is 69.7 Å². The fourth-order valence-electron chi connectivity index (χ4n) is 0.499. The van der Waals surface area contributed by atoms with E-state index >= 15 is 0 Å². The quantitative estimate of drug-likeness (QED) is 0.432. The van der Waals surface area contributed by atoms with E-state index in [4.69, 9.17) is 5.11 Å². The molecule has 0 aliphatic carbocycles. The van der Waals surface area contributed by atoms with Gasteiger partial charge < -0.3 is 10.4 Å². The summed E-state index contributed by atoms with van der Waals surface area (Å²) in [6.45, 7) is 0.858. The summed E-state index contributed by atoms with van der Waals surface area (Å²) in [6.07, 6.45) is 0.787. The van der Waals surface area contributed by atoms with Gasteiger partial charge in [-0.2, -0.15) is 0 Å². The number of carbonyl (C=O) groups is 1. The van der Waals surface area contributed by atoms with E-state index in [2.05, 4.69) is 5.32 Å². The summed E-state index contributed by atoms with van der Waals surface area (Å²) in [5.41, 5.74) is 0. The van der Waals surface area contributed by atoms with Crippen LogP contribution in [0.5, 0.6) is 0 Å². The molecule has 3 nitrogen and oxygen atoms in total. The molecule has 0 saturated carbocycles. The van der Waals surface area contributed by atoms with E-state index in [1.54, 1.807) is 0 Å². The Morgan fingerprint density at radius 1 is 1.75 bits per heavy atom. The van der Waals surface area contributed by atoms with Crippen molar-refractivity contribution in [1.82, 2.24) is 5.32 Å².